The minimum absolute atomic E-state index is 0.255. The second-order valence-electron chi connectivity index (χ2n) is 3.29. The van der Waals surface area contributed by atoms with Crippen molar-refractivity contribution < 1.29 is 9.47 Å². The zero-order valence-corrected chi connectivity index (χ0v) is 8.86. The first kappa shape index (κ1) is 10.3. The quantitative estimate of drug-likeness (QED) is 0.352. The van der Waals surface area contributed by atoms with Gasteiger partial charge < -0.3 is 9.47 Å². The fraction of sp³-hybridized carbons (Fsp3) is 0.273. The molecule has 0 fully saturated rings. The Kier molecular flexibility index (Phi) is 2.92. The molecule has 2 rings (SSSR count). The van der Waals surface area contributed by atoms with E-state index in [-0.39, 0.29) is 6.79 Å². The number of fused-ring (bicyclic) bond motifs is 1. The van der Waals surface area contributed by atoms with Crippen molar-refractivity contribution in [1.29, 1.82) is 5.26 Å². The van der Waals surface area contributed by atoms with Gasteiger partial charge in [-0.2, -0.15) is 5.26 Å². The second-order valence-corrected chi connectivity index (χ2v) is 3.29. The molecular formula is C11H11N3O2. The molecule has 1 N–H and O–H groups in total. The van der Waals surface area contributed by atoms with Crippen LogP contribution in [0.25, 0.3) is 0 Å². The van der Waals surface area contributed by atoms with Crippen LogP contribution in [0.2, 0.25) is 0 Å². The van der Waals surface area contributed by atoms with Crippen molar-refractivity contribution in [2.75, 3.05) is 6.79 Å². The highest BCUT2D eigenvalue weighted by Gasteiger charge is 2.16. The minimum atomic E-state index is 0.255. The van der Waals surface area contributed by atoms with Gasteiger partial charge in [0.2, 0.25) is 6.79 Å². The summed E-state index contributed by atoms with van der Waals surface area (Å²) in [5, 5.41) is 10.9. The minimum Gasteiger partial charge on any atom is -0.454 e. The number of nitrogens with one attached hydrogen (secondary N) is 1. The number of nitriles is 1. The van der Waals surface area contributed by atoms with Gasteiger partial charge in [0.25, 0.3) is 0 Å². The fourth-order valence-corrected chi connectivity index (χ4v) is 1.44. The number of nitrogens with zero attached hydrogens (tertiary/aromatic N) is 2. The highest BCUT2D eigenvalue weighted by molar-refractivity contribution is 5.80. The lowest BCUT2D eigenvalue weighted by Gasteiger charge is -2.03. The molecule has 0 amide bonds. The van der Waals surface area contributed by atoms with E-state index in [4.69, 9.17) is 14.7 Å². The predicted molar refractivity (Wildman–Crippen MR) is 58.1 cm³/mol. The molecule has 16 heavy (non-hydrogen) atoms. The topological polar surface area (TPSA) is 66.6 Å². The van der Waals surface area contributed by atoms with Gasteiger partial charge in [-0.25, -0.2) is 0 Å². The average molecular weight is 217 g/mol. The fourth-order valence-electron chi connectivity index (χ4n) is 1.44. The number of rotatable bonds is 2. The average Bonchev–Trinajstić information content (AvgIpc) is 2.75. The number of hydrogen-bond acceptors (Lipinski definition) is 4. The number of hydrogen-bond donors (Lipinski definition) is 1. The number of benzene rings is 1. The van der Waals surface area contributed by atoms with Gasteiger partial charge in [-0.1, -0.05) is 12.1 Å². The number of para-hydroxylation sites is 1. The highest BCUT2D eigenvalue weighted by atomic mass is 16.7. The molecule has 0 aromatic heterocycles. The Morgan fingerprint density at radius 3 is 3.25 bits per heavy atom. The van der Waals surface area contributed by atoms with Crippen molar-refractivity contribution in [3.8, 4) is 17.7 Å². The number of aliphatic imine (C=N–C) groups is 1. The highest BCUT2D eigenvalue weighted by Crippen LogP contribution is 2.35. The van der Waals surface area contributed by atoms with Crippen molar-refractivity contribution in [3.05, 3.63) is 23.8 Å². The monoisotopic (exact) mass is 217 g/mol. The van der Waals surface area contributed by atoms with E-state index < -0.39 is 0 Å². The summed E-state index contributed by atoms with van der Waals surface area (Å²) in [6.07, 6.45) is 1.82. The van der Waals surface area contributed by atoms with E-state index in [0.29, 0.717) is 12.4 Å². The molecule has 0 radical (unpaired) electrons. The molecule has 0 aliphatic carbocycles. The van der Waals surface area contributed by atoms with Crippen LogP contribution in [-0.2, 0) is 6.54 Å². The lowest BCUT2D eigenvalue weighted by atomic mass is 10.2. The normalized spacial score (nSPS) is 13.4. The van der Waals surface area contributed by atoms with Crippen molar-refractivity contribution >= 4 is 5.84 Å². The summed E-state index contributed by atoms with van der Waals surface area (Å²) in [5.41, 5.74) is 0.953. The number of ether oxygens (including phenoxy) is 2. The molecule has 0 saturated carbocycles. The van der Waals surface area contributed by atoms with Crippen LogP contribution in [-0.4, -0.2) is 12.6 Å². The standard InChI is InChI=1S/C11H11N3O2/c1-8(14-6-12)13-5-9-3-2-4-10-11(9)16-7-15-10/h2-4H,5,7H2,1H3,(H,13,14). The molecule has 0 bridgehead atoms. The first-order chi connectivity index (χ1) is 7.81. The van der Waals surface area contributed by atoms with Crippen LogP contribution in [0.1, 0.15) is 12.5 Å². The third-order valence-corrected chi connectivity index (χ3v) is 2.20. The molecule has 1 aliphatic rings. The van der Waals surface area contributed by atoms with Crippen LogP contribution in [0.4, 0.5) is 0 Å². The first-order valence-corrected chi connectivity index (χ1v) is 4.85. The largest absolute Gasteiger partial charge is 0.454 e. The molecule has 5 heteroatoms. The molecule has 82 valence electrons. The van der Waals surface area contributed by atoms with E-state index in [0.717, 1.165) is 17.1 Å². The van der Waals surface area contributed by atoms with Gasteiger partial charge in [0, 0.05) is 5.56 Å². The van der Waals surface area contributed by atoms with E-state index in [1.54, 1.807) is 6.92 Å². The van der Waals surface area contributed by atoms with Crippen LogP contribution < -0.4 is 14.8 Å². The molecule has 0 saturated heterocycles. The van der Waals surface area contributed by atoms with E-state index in [1.165, 1.54) is 0 Å². The van der Waals surface area contributed by atoms with Crippen LogP contribution in [0.5, 0.6) is 11.5 Å². The van der Waals surface area contributed by atoms with E-state index in [1.807, 2.05) is 24.4 Å². The summed E-state index contributed by atoms with van der Waals surface area (Å²) >= 11 is 0. The Labute approximate surface area is 93.3 Å². The summed E-state index contributed by atoms with van der Waals surface area (Å²) in [6, 6.07) is 5.68. The maximum atomic E-state index is 8.40. The molecule has 0 unspecified atom stereocenters. The zero-order chi connectivity index (χ0) is 11.4. The predicted octanol–water partition coefficient (Wildman–Crippen LogP) is 1.40. The molecule has 0 spiro atoms. The molecule has 1 aromatic rings. The molecule has 1 aromatic carbocycles. The van der Waals surface area contributed by atoms with Gasteiger partial charge in [0.1, 0.15) is 5.84 Å². The Balaban J connectivity index is 2.14. The van der Waals surface area contributed by atoms with Crippen LogP contribution in [0.15, 0.2) is 23.2 Å². The maximum Gasteiger partial charge on any atom is 0.231 e. The summed E-state index contributed by atoms with van der Waals surface area (Å²) in [4.78, 5) is 4.21. The Morgan fingerprint density at radius 2 is 2.44 bits per heavy atom. The van der Waals surface area contributed by atoms with Gasteiger partial charge in [-0.05, 0) is 13.0 Å². The maximum absolute atomic E-state index is 8.40. The van der Waals surface area contributed by atoms with Crippen LogP contribution >= 0.6 is 0 Å². The third-order valence-electron chi connectivity index (χ3n) is 2.20. The Bertz CT molecular complexity index is 463. The van der Waals surface area contributed by atoms with E-state index in [9.17, 15) is 0 Å². The smallest absolute Gasteiger partial charge is 0.231 e. The second kappa shape index (κ2) is 4.53. The van der Waals surface area contributed by atoms with Gasteiger partial charge in [0.05, 0.1) is 6.54 Å². The van der Waals surface area contributed by atoms with Crippen LogP contribution in [0.3, 0.4) is 0 Å². The van der Waals surface area contributed by atoms with Gasteiger partial charge in [0.15, 0.2) is 17.7 Å². The third kappa shape index (κ3) is 2.06. The SMILES string of the molecule is CC(=NCc1cccc2c1OCO2)NC#N. The summed E-state index contributed by atoms with van der Waals surface area (Å²) in [6.45, 7) is 2.46. The van der Waals surface area contributed by atoms with Crippen molar-refractivity contribution in [2.24, 2.45) is 4.99 Å². The lowest BCUT2D eigenvalue weighted by molar-refractivity contribution is 0.173. The molecule has 1 aliphatic heterocycles. The van der Waals surface area contributed by atoms with Gasteiger partial charge in [-0.15, -0.1) is 0 Å². The van der Waals surface area contributed by atoms with E-state index >= 15 is 0 Å². The van der Waals surface area contributed by atoms with Gasteiger partial charge >= 0.3 is 0 Å². The van der Waals surface area contributed by atoms with Crippen molar-refractivity contribution in [2.45, 2.75) is 13.5 Å². The van der Waals surface area contributed by atoms with Gasteiger partial charge in [-0.3, -0.25) is 10.3 Å². The Hall–Kier alpha value is -2.22. The molecule has 1 heterocycles. The summed E-state index contributed by atoms with van der Waals surface area (Å²) in [7, 11) is 0. The lowest BCUT2D eigenvalue weighted by Crippen LogP contribution is -2.13. The molecule has 5 nitrogen and oxygen atoms in total. The summed E-state index contributed by atoms with van der Waals surface area (Å²) in [5.74, 6) is 2.08. The van der Waals surface area contributed by atoms with Crippen molar-refractivity contribution in [1.82, 2.24) is 5.32 Å². The van der Waals surface area contributed by atoms with Crippen molar-refractivity contribution in [3.63, 3.8) is 0 Å². The van der Waals surface area contributed by atoms with E-state index in [2.05, 4.69) is 10.3 Å². The Morgan fingerprint density at radius 1 is 1.56 bits per heavy atom. The number of amidine groups is 1. The first-order valence-electron chi connectivity index (χ1n) is 4.85. The molecular weight excluding hydrogens is 206 g/mol. The zero-order valence-electron chi connectivity index (χ0n) is 8.86. The molecule has 0 atom stereocenters. The summed E-state index contributed by atoms with van der Waals surface area (Å²) < 4.78 is 10.6. The van der Waals surface area contributed by atoms with Crippen LogP contribution in [0, 0.1) is 11.5 Å².